The Labute approximate surface area is 189 Å². The van der Waals surface area contributed by atoms with Crippen molar-refractivity contribution in [3.8, 4) is 5.88 Å². The molecule has 4 rings (SSSR count). The van der Waals surface area contributed by atoms with Crippen molar-refractivity contribution >= 4 is 29.4 Å². The zero-order valence-corrected chi connectivity index (χ0v) is 18.0. The van der Waals surface area contributed by atoms with E-state index in [-0.39, 0.29) is 29.2 Å². The van der Waals surface area contributed by atoms with Crippen molar-refractivity contribution in [1.29, 1.82) is 0 Å². The molecule has 1 aromatic heterocycles. The Morgan fingerprint density at radius 2 is 1.97 bits per heavy atom. The van der Waals surface area contributed by atoms with Crippen LogP contribution in [0.2, 0.25) is 0 Å². The number of ether oxygens (including phenoxy) is 1. The lowest BCUT2D eigenvalue weighted by atomic mass is 9.92. The third-order valence-electron chi connectivity index (χ3n) is 5.26. The monoisotopic (exact) mass is 445 g/mol. The Morgan fingerprint density at radius 1 is 1.15 bits per heavy atom. The maximum absolute atomic E-state index is 13.5. The number of aromatic nitrogens is 1. The lowest BCUT2D eigenvalue weighted by molar-refractivity contribution is -0.114. The molecule has 2 aromatic carbocycles. The average Bonchev–Trinajstić information content (AvgIpc) is 2.83. The summed E-state index contributed by atoms with van der Waals surface area (Å²) in [6.07, 6.45) is 2.95. The van der Waals surface area contributed by atoms with E-state index in [1.165, 1.54) is 42.4 Å². The number of nitrogens with zero attached hydrogens (tertiary/aromatic N) is 2. The molecule has 0 saturated heterocycles. The number of likely N-dealkylation sites (N-methyl/N-ethyl adjacent to an activating group) is 1. The fourth-order valence-corrected chi connectivity index (χ4v) is 3.49. The molecule has 2 amide bonds. The van der Waals surface area contributed by atoms with Gasteiger partial charge in [0.05, 0.1) is 18.4 Å². The fraction of sp³-hybridized carbons (Fsp3) is 0.120. The van der Waals surface area contributed by atoms with Crippen LogP contribution in [-0.2, 0) is 11.3 Å². The Kier molecular flexibility index (Phi) is 5.99. The molecule has 1 N–H and O–H groups in total. The zero-order valence-electron chi connectivity index (χ0n) is 18.0. The van der Waals surface area contributed by atoms with Crippen LogP contribution in [0.25, 0.3) is 6.08 Å². The van der Waals surface area contributed by atoms with Crippen LogP contribution < -0.4 is 15.0 Å². The first kappa shape index (κ1) is 21.9. The maximum atomic E-state index is 13.5. The van der Waals surface area contributed by atoms with E-state index in [1.54, 1.807) is 43.6 Å². The zero-order chi connectivity index (χ0) is 23.5. The number of nitrogens with one attached hydrogen (secondary N) is 1. The third kappa shape index (κ3) is 4.50. The van der Waals surface area contributed by atoms with Gasteiger partial charge in [-0.2, -0.15) is 0 Å². The van der Waals surface area contributed by atoms with Crippen LogP contribution >= 0.6 is 0 Å². The summed E-state index contributed by atoms with van der Waals surface area (Å²) in [6, 6.07) is 13.7. The van der Waals surface area contributed by atoms with Gasteiger partial charge in [-0.3, -0.25) is 14.4 Å². The van der Waals surface area contributed by atoms with Gasteiger partial charge in [-0.1, -0.05) is 18.2 Å². The highest BCUT2D eigenvalue weighted by Gasteiger charge is 2.33. The number of hydrogen-bond donors (Lipinski definition) is 1. The number of rotatable bonds is 5. The second kappa shape index (κ2) is 9.04. The van der Waals surface area contributed by atoms with Crippen LogP contribution in [0.1, 0.15) is 31.8 Å². The number of methoxy groups -OCH3 is 1. The summed E-state index contributed by atoms with van der Waals surface area (Å²) in [4.78, 5) is 44.0. The van der Waals surface area contributed by atoms with E-state index < -0.39 is 17.5 Å². The first-order valence-corrected chi connectivity index (χ1v) is 10.1. The molecule has 33 heavy (non-hydrogen) atoms. The summed E-state index contributed by atoms with van der Waals surface area (Å²) in [6.45, 7) is 0.240. The van der Waals surface area contributed by atoms with Crippen molar-refractivity contribution in [2.24, 2.45) is 0 Å². The summed E-state index contributed by atoms with van der Waals surface area (Å²) < 4.78 is 18.6. The van der Waals surface area contributed by atoms with E-state index in [4.69, 9.17) is 4.74 Å². The van der Waals surface area contributed by atoms with Gasteiger partial charge in [0.2, 0.25) is 11.7 Å². The first-order chi connectivity index (χ1) is 15.9. The van der Waals surface area contributed by atoms with Crippen molar-refractivity contribution in [3.63, 3.8) is 0 Å². The molecule has 1 aliphatic rings. The van der Waals surface area contributed by atoms with Crippen LogP contribution in [0.3, 0.4) is 0 Å². The molecule has 0 unspecified atom stereocenters. The largest absolute Gasteiger partial charge is 0.481 e. The number of hydrogen-bond acceptors (Lipinski definition) is 5. The molecular formula is C25H20FN3O4. The lowest BCUT2D eigenvalue weighted by Gasteiger charge is -2.27. The number of amides is 2. The Morgan fingerprint density at radius 3 is 2.67 bits per heavy atom. The Hall–Kier alpha value is -4.33. The number of Topliss-reactive ketones (excluding diaryl/α,β-unsaturated/α-hetero) is 1. The molecule has 166 valence electrons. The van der Waals surface area contributed by atoms with Gasteiger partial charge in [-0.25, -0.2) is 9.37 Å². The van der Waals surface area contributed by atoms with Gasteiger partial charge in [-0.05, 0) is 47.5 Å². The van der Waals surface area contributed by atoms with E-state index in [0.29, 0.717) is 17.1 Å². The second-order valence-corrected chi connectivity index (χ2v) is 7.43. The Bertz CT molecular complexity index is 1290. The molecule has 1 aliphatic heterocycles. The molecule has 2 heterocycles. The number of benzene rings is 2. The van der Waals surface area contributed by atoms with Crippen LogP contribution in [0.4, 0.5) is 10.1 Å². The lowest BCUT2D eigenvalue weighted by Crippen LogP contribution is -2.37. The highest BCUT2D eigenvalue weighted by Crippen LogP contribution is 2.31. The molecule has 8 heteroatoms. The molecule has 3 aromatic rings. The topological polar surface area (TPSA) is 88.6 Å². The molecular weight excluding hydrogens is 425 g/mol. The molecule has 0 bridgehead atoms. The maximum Gasteiger partial charge on any atom is 0.262 e. The first-order valence-electron chi connectivity index (χ1n) is 10.1. The molecule has 0 spiro atoms. The molecule has 0 atom stereocenters. The fourth-order valence-electron chi connectivity index (χ4n) is 3.49. The van der Waals surface area contributed by atoms with Gasteiger partial charge < -0.3 is 15.0 Å². The van der Waals surface area contributed by atoms with E-state index in [9.17, 15) is 18.8 Å². The number of carbonyl (C=O) groups excluding carboxylic acids is 3. The van der Waals surface area contributed by atoms with Gasteiger partial charge in [0, 0.05) is 37.0 Å². The predicted octanol–water partition coefficient (Wildman–Crippen LogP) is 3.40. The number of halogens is 1. The number of carbonyl (C=O) groups is 3. The van der Waals surface area contributed by atoms with Crippen LogP contribution in [0.15, 0.2) is 66.4 Å². The molecule has 0 radical (unpaired) electrons. The molecule has 0 aliphatic carbocycles. The molecule has 7 nitrogen and oxygen atoms in total. The van der Waals surface area contributed by atoms with E-state index in [1.807, 2.05) is 0 Å². The van der Waals surface area contributed by atoms with Crippen molar-refractivity contribution in [2.45, 2.75) is 6.54 Å². The number of anilines is 1. The number of pyridine rings is 1. The quantitative estimate of drug-likeness (QED) is 0.480. The summed E-state index contributed by atoms with van der Waals surface area (Å²) >= 11 is 0. The van der Waals surface area contributed by atoms with Gasteiger partial charge in [0.25, 0.3) is 11.8 Å². The smallest absolute Gasteiger partial charge is 0.262 e. The van der Waals surface area contributed by atoms with Crippen LogP contribution in [0.5, 0.6) is 5.88 Å². The SMILES string of the molecule is COc1ccc(CNC(=O)c2ccc3c(c2)C(=O)/C(=C/c2cccc(F)c2)C(=O)N3C)cn1. The van der Waals surface area contributed by atoms with Crippen molar-refractivity contribution in [1.82, 2.24) is 10.3 Å². The average molecular weight is 445 g/mol. The van der Waals surface area contributed by atoms with E-state index >= 15 is 0 Å². The van der Waals surface area contributed by atoms with Crippen LogP contribution in [-0.4, -0.2) is 36.7 Å². The summed E-state index contributed by atoms with van der Waals surface area (Å²) in [5, 5.41) is 2.78. The van der Waals surface area contributed by atoms with E-state index in [2.05, 4.69) is 10.3 Å². The standard InChI is InChI=1S/C25H20FN3O4/c1-29-21-8-7-17(24(31)28-14-16-6-9-22(33-2)27-13-16)12-19(21)23(30)20(25(29)32)11-15-4-3-5-18(26)10-15/h3-13H,14H2,1-2H3,(H,28,31)/b20-11-. The number of fused-ring (bicyclic) bond motifs is 1. The summed E-state index contributed by atoms with van der Waals surface area (Å²) in [5.41, 5.74) is 1.97. The summed E-state index contributed by atoms with van der Waals surface area (Å²) in [7, 11) is 3.06. The molecule has 0 saturated carbocycles. The predicted molar refractivity (Wildman–Crippen MR) is 121 cm³/mol. The second-order valence-electron chi connectivity index (χ2n) is 7.43. The Balaban J connectivity index is 1.59. The van der Waals surface area contributed by atoms with E-state index in [0.717, 1.165) is 5.56 Å². The minimum atomic E-state index is -0.522. The highest BCUT2D eigenvalue weighted by atomic mass is 19.1. The van der Waals surface area contributed by atoms with Crippen molar-refractivity contribution in [2.75, 3.05) is 19.1 Å². The van der Waals surface area contributed by atoms with Gasteiger partial charge in [-0.15, -0.1) is 0 Å². The number of ketones is 1. The minimum absolute atomic E-state index is 0.0996. The van der Waals surface area contributed by atoms with Crippen molar-refractivity contribution in [3.05, 3.63) is 94.4 Å². The minimum Gasteiger partial charge on any atom is -0.481 e. The third-order valence-corrected chi connectivity index (χ3v) is 5.26. The molecule has 0 fully saturated rings. The van der Waals surface area contributed by atoms with Crippen molar-refractivity contribution < 1.29 is 23.5 Å². The summed E-state index contributed by atoms with van der Waals surface area (Å²) in [5.74, 6) is -1.40. The highest BCUT2D eigenvalue weighted by molar-refractivity contribution is 6.36. The normalized spacial score (nSPS) is 14.3. The van der Waals surface area contributed by atoms with Gasteiger partial charge >= 0.3 is 0 Å². The van der Waals surface area contributed by atoms with Gasteiger partial charge in [0.15, 0.2) is 0 Å². The van der Waals surface area contributed by atoms with Crippen LogP contribution in [0, 0.1) is 5.82 Å². The van der Waals surface area contributed by atoms with Gasteiger partial charge in [0.1, 0.15) is 5.82 Å².